The van der Waals surface area contributed by atoms with Crippen LogP contribution in [0, 0.1) is 12.8 Å². The van der Waals surface area contributed by atoms with Gasteiger partial charge in [0.15, 0.2) is 0 Å². The van der Waals surface area contributed by atoms with Gasteiger partial charge in [-0.2, -0.15) is 0 Å². The van der Waals surface area contributed by atoms with E-state index in [-0.39, 0.29) is 25.0 Å². The van der Waals surface area contributed by atoms with Crippen molar-refractivity contribution in [1.82, 2.24) is 4.90 Å². The lowest BCUT2D eigenvalue weighted by Crippen LogP contribution is -2.46. The molecule has 1 aliphatic rings. The molecule has 0 saturated carbocycles. The Kier molecular flexibility index (Phi) is 5.24. The molecule has 2 amide bonds. The van der Waals surface area contributed by atoms with E-state index in [0.717, 1.165) is 16.0 Å². The summed E-state index contributed by atoms with van der Waals surface area (Å²) >= 11 is 0. The van der Waals surface area contributed by atoms with Gasteiger partial charge in [0.2, 0.25) is 5.91 Å². The molecular formula is C16H20N4O3. The average molecular weight is 316 g/mol. The molecule has 1 aromatic rings. The first-order valence-electron chi connectivity index (χ1n) is 7.53. The fraction of sp³-hybridized carbons (Fsp3) is 0.500. The van der Waals surface area contributed by atoms with E-state index in [4.69, 9.17) is 10.3 Å². The van der Waals surface area contributed by atoms with Crippen LogP contribution in [-0.2, 0) is 16.0 Å². The smallest absolute Gasteiger partial charge is 0.416 e. The van der Waals surface area contributed by atoms with Crippen LogP contribution in [0.4, 0.5) is 4.79 Å². The summed E-state index contributed by atoms with van der Waals surface area (Å²) in [6, 6.07) is 6.32. The van der Waals surface area contributed by atoms with Gasteiger partial charge in [0, 0.05) is 4.91 Å². The highest BCUT2D eigenvalue weighted by Crippen LogP contribution is 2.22. The summed E-state index contributed by atoms with van der Waals surface area (Å²) in [5, 5.41) is 3.60. The minimum absolute atomic E-state index is 0.0662. The summed E-state index contributed by atoms with van der Waals surface area (Å²) in [6.45, 7) is 5.97. The Morgan fingerprint density at radius 1 is 1.43 bits per heavy atom. The molecular weight excluding hydrogens is 296 g/mol. The molecule has 23 heavy (non-hydrogen) atoms. The van der Waals surface area contributed by atoms with Gasteiger partial charge in [0.1, 0.15) is 12.6 Å². The normalized spacial score (nSPS) is 18.5. The topological polar surface area (TPSA) is 95.4 Å². The van der Waals surface area contributed by atoms with Crippen molar-refractivity contribution in [2.45, 2.75) is 39.3 Å². The Morgan fingerprint density at radius 3 is 2.65 bits per heavy atom. The van der Waals surface area contributed by atoms with Gasteiger partial charge in [0.25, 0.3) is 0 Å². The van der Waals surface area contributed by atoms with Crippen molar-refractivity contribution < 1.29 is 14.3 Å². The minimum atomic E-state index is -0.963. The first kappa shape index (κ1) is 16.8. The first-order chi connectivity index (χ1) is 10.9. The predicted octanol–water partition coefficient (Wildman–Crippen LogP) is 3.22. The zero-order chi connectivity index (χ0) is 17.0. The molecule has 1 aliphatic heterocycles. The van der Waals surface area contributed by atoms with Gasteiger partial charge >= 0.3 is 6.09 Å². The second-order valence-corrected chi connectivity index (χ2v) is 6.01. The van der Waals surface area contributed by atoms with E-state index in [1.54, 1.807) is 0 Å². The lowest BCUT2D eigenvalue weighted by Gasteiger charge is -2.25. The number of hydrogen-bond acceptors (Lipinski definition) is 4. The largest absolute Gasteiger partial charge is 0.447 e. The number of hydrogen-bond donors (Lipinski definition) is 0. The van der Waals surface area contributed by atoms with Gasteiger partial charge in [0.05, 0.1) is 6.04 Å². The number of amides is 2. The van der Waals surface area contributed by atoms with Crippen LogP contribution in [0.15, 0.2) is 29.4 Å². The quantitative estimate of drug-likeness (QED) is 0.474. The molecule has 1 heterocycles. The Balaban J connectivity index is 2.22. The van der Waals surface area contributed by atoms with Crippen molar-refractivity contribution in [3.63, 3.8) is 0 Å². The van der Waals surface area contributed by atoms with Gasteiger partial charge in [-0.05, 0) is 30.4 Å². The maximum Gasteiger partial charge on any atom is 0.416 e. The monoisotopic (exact) mass is 316 g/mol. The van der Waals surface area contributed by atoms with Crippen molar-refractivity contribution in [1.29, 1.82) is 0 Å². The van der Waals surface area contributed by atoms with Crippen molar-refractivity contribution in [3.8, 4) is 0 Å². The van der Waals surface area contributed by atoms with E-state index < -0.39 is 18.0 Å². The summed E-state index contributed by atoms with van der Waals surface area (Å²) in [6.07, 6.45) is -0.423. The number of aryl methyl sites for hydroxylation is 1. The van der Waals surface area contributed by atoms with Crippen molar-refractivity contribution >= 4 is 12.0 Å². The van der Waals surface area contributed by atoms with Crippen LogP contribution in [0.3, 0.4) is 0 Å². The number of imide groups is 1. The van der Waals surface area contributed by atoms with Gasteiger partial charge in [-0.15, -0.1) is 0 Å². The zero-order valence-electron chi connectivity index (χ0n) is 13.5. The molecule has 0 N–H and O–H groups in total. The molecule has 2 atom stereocenters. The van der Waals surface area contributed by atoms with Crippen LogP contribution in [-0.4, -0.2) is 35.6 Å². The standard InChI is InChI=1S/C16H20N4O3/c1-10(2)14-9-23-16(22)20(14)15(21)13(18-19-17)8-12-6-4-11(3)5-7-12/h4-7,10,13-14H,8-9H2,1-3H3/t13-,14+/m0/s1. The van der Waals surface area contributed by atoms with E-state index in [2.05, 4.69) is 10.0 Å². The van der Waals surface area contributed by atoms with E-state index in [1.807, 2.05) is 45.0 Å². The molecule has 1 aromatic carbocycles. The fourth-order valence-electron chi connectivity index (χ4n) is 2.53. The van der Waals surface area contributed by atoms with Gasteiger partial charge in [-0.1, -0.05) is 48.8 Å². The van der Waals surface area contributed by atoms with E-state index >= 15 is 0 Å². The highest BCUT2D eigenvalue weighted by Gasteiger charge is 2.41. The number of benzene rings is 1. The average Bonchev–Trinajstić information content (AvgIpc) is 2.90. The van der Waals surface area contributed by atoms with Crippen LogP contribution in [0.25, 0.3) is 10.4 Å². The Labute approximate surface area is 134 Å². The van der Waals surface area contributed by atoms with Crippen LogP contribution < -0.4 is 0 Å². The minimum Gasteiger partial charge on any atom is -0.447 e. The van der Waals surface area contributed by atoms with Crippen LogP contribution in [0.2, 0.25) is 0 Å². The number of rotatable bonds is 5. The Bertz CT molecular complexity index is 635. The molecule has 0 radical (unpaired) electrons. The number of cyclic esters (lactones) is 1. The third-order valence-corrected chi connectivity index (χ3v) is 3.94. The molecule has 1 fully saturated rings. The van der Waals surface area contributed by atoms with Crippen LogP contribution >= 0.6 is 0 Å². The molecule has 7 heteroatoms. The number of carbonyl (C=O) groups excluding carboxylic acids is 2. The number of ether oxygens (including phenoxy) is 1. The summed E-state index contributed by atoms with van der Waals surface area (Å²) < 4.78 is 4.99. The molecule has 0 aliphatic carbocycles. The van der Waals surface area contributed by atoms with E-state index in [0.29, 0.717) is 0 Å². The lowest BCUT2D eigenvalue weighted by molar-refractivity contribution is -0.131. The molecule has 0 unspecified atom stereocenters. The lowest BCUT2D eigenvalue weighted by atomic mass is 10.0. The van der Waals surface area contributed by atoms with E-state index in [9.17, 15) is 9.59 Å². The maximum absolute atomic E-state index is 12.7. The van der Waals surface area contributed by atoms with Gasteiger partial charge in [-0.3, -0.25) is 4.79 Å². The fourth-order valence-corrected chi connectivity index (χ4v) is 2.53. The summed E-state index contributed by atoms with van der Waals surface area (Å²) in [7, 11) is 0. The second-order valence-electron chi connectivity index (χ2n) is 6.01. The van der Waals surface area contributed by atoms with Crippen molar-refractivity contribution in [2.75, 3.05) is 6.61 Å². The first-order valence-corrected chi connectivity index (χ1v) is 7.53. The Hall–Kier alpha value is -2.53. The highest BCUT2D eigenvalue weighted by atomic mass is 16.6. The molecule has 0 spiro atoms. The molecule has 0 bridgehead atoms. The molecule has 1 saturated heterocycles. The summed E-state index contributed by atoms with van der Waals surface area (Å²) in [5.74, 6) is -0.443. The summed E-state index contributed by atoms with van der Waals surface area (Å²) in [5.41, 5.74) is 10.7. The molecule has 122 valence electrons. The maximum atomic E-state index is 12.7. The molecule has 2 rings (SSSR count). The van der Waals surface area contributed by atoms with Crippen LogP contribution in [0.1, 0.15) is 25.0 Å². The second kappa shape index (κ2) is 7.15. The van der Waals surface area contributed by atoms with Crippen molar-refractivity contribution in [3.05, 3.63) is 45.8 Å². The van der Waals surface area contributed by atoms with E-state index in [1.165, 1.54) is 0 Å². The van der Waals surface area contributed by atoms with Gasteiger partial charge < -0.3 is 4.74 Å². The summed E-state index contributed by atoms with van der Waals surface area (Å²) in [4.78, 5) is 28.4. The van der Waals surface area contributed by atoms with Gasteiger partial charge in [-0.25, -0.2) is 9.69 Å². The molecule has 7 nitrogen and oxygen atoms in total. The predicted molar refractivity (Wildman–Crippen MR) is 84.6 cm³/mol. The SMILES string of the molecule is Cc1ccc(C[C@H](N=[N+]=[N-])C(=O)N2C(=O)OC[C@@H]2C(C)C)cc1. The number of nitrogens with zero attached hydrogens (tertiary/aromatic N) is 4. The molecule has 0 aromatic heterocycles. The number of azide groups is 1. The number of carbonyl (C=O) groups is 2. The third kappa shape index (κ3) is 3.81. The zero-order valence-corrected chi connectivity index (χ0v) is 13.5. The Morgan fingerprint density at radius 2 is 2.09 bits per heavy atom. The van der Waals surface area contributed by atoms with Crippen molar-refractivity contribution in [2.24, 2.45) is 11.0 Å². The van der Waals surface area contributed by atoms with Crippen LogP contribution in [0.5, 0.6) is 0 Å². The highest BCUT2D eigenvalue weighted by molar-refractivity contribution is 5.96. The third-order valence-electron chi connectivity index (χ3n) is 3.94.